The summed E-state index contributed by atoms with van der Waals surface area (Å²) >= 11 is 0. The van der Waals surface area contributed by atoms with Gasteiger partial charge in [-0.15, -0.1) is 0 Å². The van der Waals surface area contributed by atoms with Crippen molar-refractivity contribution >= 4 is 34.9 Å². The van der Waals surface area contributed by atoms with Crippen molar-refractivity contribution in [2.45, 2.75) is 86.0 Å². The van der Waals surface area contributed by atoms with Gasteiger partial charge in [0.1, 0.15) is 11.5 Å². The Balaban J connectivity index is 1.68. The van der Waals surface area contributed by atoms with E-state index in [0.717, 1.165) is 75.8 Å². The van der Waals surface area contributed by atoms with Crippen LogP contribution in [0.15, 0.2) is 84.9 Å². The standard InChI is InChI=1S/C46H56N2O7/c1-6-11-14-19-30-54-45(52)37-22-17-15-20-35(37)44(51)40-27-25-34(47(9-4)10-5)32-42(40)55-46(53)38-23-18-16-21-36(38)43(50)39-26-24-33(31-41(39)49)48(28-12-7-2)29-13-8-3/h15-18,20-27,31-32,49H,6-14,19,28-30H2,1-5H3. The largest absolute Gasteiger partial charge is 0.507 e. The lowest BCUT2D eigenvalue weighted by Crippen LogP contribution is -2.25. The van der Waals surface area contributed by atoms with Crippen molar-refractivity contribution in [2.24, 2.45) is 0 Å². The predicted molar refractivity (Wildman–Crippen MR) is 219 cm³/mol. The number of hydrogen-bond donors (Lipinski definition) is 1. The average Bonchev–Trinajstić information content (AvgIpc) is 3.20. The number of carbonyl (C=O) groups excluding carboxylic acids is 4. The van der Waals surface area contributed by atoms with Crippen LogP contribution in [0.25, 0.3) is 0 Å². The zero-order valence-corrected chi connectivity index (χ0v) is 33.1. The molecule has 0 fully saturated rings. The molecule has 0 aliphatic rings. The molecule has 0 spiro atoms. The van der Waals surface area contributed by atoms with Gasteiger partial charge in [0.05, 0.1) is 28.9 Å². The predicted octanol–water partition coefficient (Wildman–Crippen LogP) is 10.1. The van der Waals surface area contributed by atoms with E-state index in [1.165, 1.54) is 12.1 Å². The number of carbonyl (C=O) groups is 4. The molecule has 0 aromatic heterocycles. The van der Waals surface area contributed by atoms with E-state index >= 15 is 0 Å². The molecule has 0 bridgehead atoms. The van der Waals surface area contributed by atoms with Gasteiger partial charge in [0.25, 0.3) is 0 Å². The SMILES string of the molecule is CCCCCCOC(=O)c1ccccc1C(=O)c1ccc(N(CC)CC)cc1OC(=O)c1ccccc1C(=O)c1ccc(N(CCCC)CCCC)cc1O. The molecule has 0 radical (unpaired) electrons. The highest BCUT2D eigenvalue weighted by Gasteiger charge is 2.27. The van der Waals surface area contributed by atoms with Crippen LogP contribution in [0.3, 0.4) is 0 Å². The first-order chi connectivity index (χ1) is 26.7. The second-order valence-electron chi connectivity index (χ2n) is 13.6. The smallest absolute Gasteiger partial charge is 0.344 e. The van der Waals surface area contributed by atoms with Gasteiger partial charge in [-0.05, 0) is 69.5 Å². The monoisotopic (exact) mass is 748 g/mol. The zero-order chi connectivity index (χ0) is 39.7. The molecule has 9 nitrogen and oxygen atoms in total. The highest BCUT2D eigenvalue weighted by atomic mass is 16.5. The van der Waals surface area contributed by atoms with Crippen molar-refractivity contribution < 1.29 is 33.8 Å². The topological polar surface area (TPSA) is 113 Å². The Bertz CT molecular complexity index is 1910. The first kappa shape index (κ1) is 42.3. The van der Waals surface area contributed by atoms with Gasteiger partial charge in [-0.25, -0.2) is 9.59 Å². The maximum Gasteiger partial charge on any atom is 0.344 e. The van der Waals surface area contributed by atoms with E-state index in [0.29, 0.717) is 13.1 Å². The Morgan fingerprint density at radius 1 is 0.527 bits per heavy atom. The summed E-state index contributed by atoms with van der Waals surface area (Å²) in [5, 5.41) is 11.1. The number of unbranched alkanes of at least 4 members (excludes halogenated alkanes) is 5. The number of esters is 2. The van der Waals surface area contributed by atoms with Crippen molar-refractivity contribution in [2.75, 3.05) is 42.6 Å². The summed E-state index contributed by atoms with van der Waals surface area (Å²) in [5.74, 6) is -2.71. The number of benzene rings is 4. The van der Waals surface area contributed by atoms with Crippen LogP contribution in [0.1, 0.15) is 139 Å². The van der Waals surface area contributed by atoms with E-state index < -0.39 is 23.5 Å². The molecule has 0 amide bonds. The van der Waals surface area contributed by atoms with E-state index in [1.54, 1.807) is 66.7 Å². The lowest BCUT2D eigenvalue weighted by Gasteiger charge is -2.25. The van der Waals surface area contributed by atoms with Gasteiger partial charge in [0.15, 0.2) is 11.6 Å². The van der Waals surface area contributed by atoms with Crippen molar-refractivity contribution in [3.8, 4) is 11.5 Å². The summed E-state index contributed by atoms with van der Waals surface area (Å²) in [4.78, 5) is 59.7. The normalized spacial score (nSPS) is 10.9. The van der Waals surface area contributed by atoms with Gasteiger partial charge in [-0.1, -0.05) is 89.3 Å². The van der Waals surface area contributed by atoms with Gasteiger partial charge in [-0.2, -0.15) is 0 Å². The molecule has 55 heavy (non-hydrogen) atoms. The molecule has 0 saturated heterocycles. The summed E-state index contributed by atoms with van der Waals surface area (Å²) in [5.41, 5.74) is 1.94. The Morgan fingerprint density at radius 3 is 1.58 bits per heavy atom. The molecule has 9 heteroatoms. The van der Waals surface area contributed by atoms with Crippen molar-refractivity contribution in [1.29, 1.82) is 0 Å². The number of ketones is 2. The number of rotatable bonds is 22. The highest BCUT2D eigenvalue weighted by Crippen LogP contribution is 2.32. The summed E-state index contributed by atoms with van der Waals surface area (Å²) in [7, 11) is 0. The molecule has 0 saturated carbocycles. The molecule has 0 heterocycles. The molecule has 0 unspecified atom stereocenters. The van der Waals surface area contributed by atoms with Crippen molar-refractivity contribution in [3.05, 3.63) is 118 Å². The van der Waals surface area contributed by atoms with E-state index in [1.807, 2.05) is 24.8 Å². The van der Waals surface area contributed by atoms with Crippen molar-refractivity contribution in [3.63, 3.8) is 0 Å². The Kier molecular flexibility index (Phi) is 16.5. The van der Waals surface area contributed by atoms with Gasteiger partial charge < -0.3 is 24.4 Å². The van der Waals surface area contributed by atoms with E-state index in [-0.39, 0.29) is 51.5 Å². The third kappa shape index (κ3) is 11.1. The highest BCUT2D eigenvalue weighted by molar-refractivity contribution is 6.18. The van der Waals surface area contributed by atoms with Gasteiger partial charge >= 0.3 is 11.9 Å². The molecule has 0 aliphatic carbocycles. The second kappa shape index (κ2) is 21.4. The number of ether oxygens (including phenoxy) is 2. The number of phenolic OH excluding ortho intramolecular Hbond substituents is 1. The molecule has 0 aliphatic heterocycles. The minimum atomic E-state index is -0.851. The number of hydrogen-bond acceptors (Lipinski definition) is 9. The van der Waals surface area contributed by atoms with Gasteiger partial charge in [0.2, 0.25) is 0 Å². The van der Waals surface area contributed by atoms with Crippen LogP contribution in [0.5, 0.6) is 11.5 Å². The summed E-state index contributed by atoms with van der Waals surface area (Å²) in [6, 6.07) is 22.7. The van der Waals surface area contributed by atoms with Crippen LogP contribution < -0.4 is 14.5 Å². The maximum absolute atomic E-state index is 14.2. The molecule has 1 N–H and O–H groups in total. The first-order valence-electron chi connectivity index (χ1n) is 19.8. The van der Waals surface area contributed by atoms with E-state index in [9.17, 15) is 24.3 Å². The van der Waals surface area contributed by atoms with Gasteiger partial charge in [0, 0.05) is 60.8 Å². The Labute approximate surface area is 326 Å². The summed E-state index contributed by atoms with van der Waals surface area (Å²) in [6.07, 6.45) is 7.85. The maximum atomic E-state index is 14.2. The number of anilines is 2. The molecule has 4 aromatic rings. The summed E-state index contributed by atoms with van der Waals surface area (Å²) in [6.45, 7) is 13.6. The van der Waals surface area contributed by atoms with E-state index in [4.69, 9.17) is 9.47 Å². The molecule has 292 valence electrons. The van der Waals surface area contributed by atoms with Crippen molar-refractivity contribution in [1.82, 2.24) is 0 Å². The molecule has 4 rings (SSSR count). The lowest BCUT2D eigenvalue weighted by atomic mass is 9.96. The minimum absolute atomic E-state index is 0.0177. The van der Waals surface area contributed by atoms with Gasteiger partial charge in [-0.3, -0.25) is 9.59 Å². The van der Waals surface area contributed by atoms with Crippen LogP contribution in [-0.4, -0.2) is 61.4 Å². The third-order valence-corrected chi connectivity index (χ3v) is 9.71. The first-order valence-corrected chi connectivity index (χ1v) is 19.8. The third-order valence-electron chi connectivity index (χ3n) is 9.71. The Morgan fingerprint density at radius 2 is 1.04 bits per heavy atom. The van der Waals surface area contributed by atoms with Crippen LogP contribution in [0.4, 0.5) is 11.4 Å². The quantitative estimate of drug-likeness (QED) is 0.0363. The summed E-state index contributed by atoms with van der Waals surface area (Å²) < 4.78 is 11.5. The molecule has 4 aromatic carbocycles. The van der Waals surface area contributed by atoms with Crippen LogP contribution in [0.2, 0.25) is 0 Å². The molecular formula is C46H56N2O7. The fraction of sp³-hybridized carbons (Fsp3) is 0.391. The van der Waals surface area contributed by atoms with Crippen LogP contribution in [-0.2, 0) is 4.74 Å². The van der Waals surface area contributed by atoms with Crippen LogP contribution in [0, 0.1) is 0 Å². The molecular weight excluding hydrogens is 693 g/mol. The minimum Gasteiger partial charge on any atom is -0.507 e. The Hall–Kier alpha value is -5.44. The number of aromatic hydroxyl groups is 1. The zero-order valence-electron chi connectivity index (χ0n) is 33.1. The molecule has 0 atom stereocenters. The second-order valence-corrected chi connectivity index (χ2v) is 13.6. The lowest BCUT2D eigenvalue weighted by molar-refractivity contribution is 0.0494. The van der Waals surface area contributed by atoms with E-state index in [2.05, 4.69) is 25.7 Å². The number of phenols is 1. The fourth-order valence-electron chi connectivity index (χ4n) is 6.48. The number of nitrogens with zero attached hydrogens (tertiary/aromatic N) is 2. The average molecular weight is 749 g/mol. The fourth-order valence-corrected chi connectivity index (χ4v) is 6.48. The van der Waals surface area contributed by atoms with Crippen LogP contribution >= 0.6 is 0 Å².